The second-order valence-electron chi connectivity index (χ2n) is 5.10. The molecule has 2 N–H and O–H groups in total. The lowest BCUT2D eigenvalue weighted by Crippen LogP contribution is -2.08. The SMILES string of the molecule is CC1C(=O)Nc2c(F)cc(C(O)c3ccccc3F)cc21. The van der Waals surface area contributed by atoms with Gasteiger partial charge in [0.05, 0.1) is 11.6 Å². The van der Waals surface area contributed by atoms with Crippen LogP contribution >= 0.6 is 0 Å². The Labute approximate surface area is 120 Å². The molecule has 2 aromatic carbocycles. The molecule has 0 bridgehead atoms. The number of benzene rings is 2. The smallest absolute Gasteiger partial charge is 0.231 e. The van der Waals surface area contributed by atoms with E-state index >= 15 is 0 Å². The van der Waals surface area contributed by atoms with Crippen LogP contribution in [0, 0.1) is 11.6 Å². The molecule has 108 valence electrons. The van der Waals surface area contributed by atoms with Gasteiger partial charge >= 0.3 is 0 Å². The number of carbonyl (C=O) groups is 1. The van der Waals surface area contributed by atoms with Gasteiger partial charge in [-0.15, -0.1) is 0 Å². The molecule has 21 heavy (non-hydrogen) atoms. The predicted octanol–water partition coefficient (Wildman–Crippen LogP) is 3.10. The van der Waals surface area contributed by atoms with Gasteiger partial charge in [-0.3, -0.25) is 4.79 Å². The van der Waals surface area contributed by atoms with E-state index in [9.17, 15) is 18.7 Å². The van der Waals surface area contributed by atoms with Crippen LogP contribution in [0.3, 0.4) is 0 Å². The van der Waals surface area contributed by atoms with Gasteiger partial charge in [0, 0.05) is 5.56 Å². The van der Waals surface area contributed by atoms with Crippen molar-refractivity contribution in [3.63, 3.8) is 0 Å². The summed E-state index contributed by atoms with van der Waals surface area (Å²) < 4.78 is 27.8. The molecular weight excluding hydrogens is 276 g/mol. The lowest BCUT2D eigenvalue weighted by atomic mass is 9.95. The lowest BCUT2D eigenvalue weighted by molar-refractivity contribution is -0.116. The number of carbonyl (C=O) groups excluding carboxylic acids is 1. The molecule has 0 saturated heterocycles. The van der Waals surface area contributed by atoms with E-state index in [1.165, 1.54) is 24.3 Å². The predicted molar refractivity (Wildman–Crippen MR) is 73.9 cm³/mol. The summed E-state index contributed by atoms with van der Waals surface area (Å²) in [5, 5.41) is 12.7. The molecule has 1 aliphatic rings. The monoisotopic (exact) mass is 289 g/mol. The second-order valence-corrected chi connectivity index (χ2v) is 5.10. The maximum atomic E-state index is 14.1. The molecule has 5 heteroatoms. The van der Waals surface area contributed by atoms with E-state index < -0.39 is 23.7 Å². The molecule has 0 fully saturated rings. The number of rotatable bonds is 2. The van der Waals surface area contributed by atoms with E-state index in [1.807, 2.05) is 0 Å². The van der Waals surface area contributed by atoms with Crippen molar-refractivity contribution in [2.24, 2.45) is 0 Å². The van der Waals surface area contributed by atoms with Gasteiger partial charge in [0.2, 0.25) is 5.91 Å². The third-order valence-corrected chi connectivity index (χ3v) is 3.77. The number of nitrogens with one attached hydrogen (secondary N) is 1. The van der Waals surface area contributed by atoms with Gasteiger partial charge < -0.3 is 10.4 Å². The Morgan fingerprint density at radius 2 is 1.90 bits per heavy atom. The molecule has 0 radical (unpaired) electrons. The highest BCUT2D eigenvalue weighted by Crippen LogP contribution is 2.37. The summed E-state index contributed by atoms with van der Waals surface area (Å²) >= 11 is 0. The number of fused-ring (bicyclic) bond motifs is 1. The van der Waals surface area contributed by atoms with Crippen molar-refractivity contribution in [1.29, 1.82) is 0 Å². The summed E-state index contributed by atoms with van der Waals surface area (Å²) in [4.78, 5) is 11.6. The minimum atomic E-state index is -1.28. The quantitative estimate of drug-likeness (QED) is 0.892. The van der Waals surface area contributed by atoms with Crippen LogP contribution < -0.4 is 5.32 Å². The summed E-state index contributed by atoms with van der Waals surface area (Å²) in [7, 11) is 0. The van der Waals surface area contributed by atoms with E-state index in [2.05, 4.69) is 5.32 Å². The van der Waals surface area contributed by atoms with E-state index in [0.717, 1.165) is 6.07 Å². The summed E-state index contributed by atoms with van der Waals surface area (Å²) in [6, 6.07) is 8.44. The fraction of sp³-hybridized carbons (Fsp3) is 0.188. The molecular formula is C16H13F2NO2. The van der Waals surface area contributed by atoms with Gasteiger partial charge in [-0.1, -0.05) is 18.2 Å². The van der Waals surface area contributed by atoms with Crippen molar-refractivity contribution in [2.45, 2.75) is 18.9 Å². The Morgan fingerprint density at radius 3 is 2.62 bits per heavy atom. The number of aliphatic hydroxyl groups is 1. The molecule has 3 nitrogen and oxygen atoms in total. The van der Waals surface area contributed by atoms with Crippen LogP contribution in [-0.2, 0) is 4.79 Å². The Kier molecular flexibility index (Phi) is 3.22. The van der Waals surface area contributed by atoms with Crippen molar-refractivity contribution in [2.75, 3.05) is 5.32 Å². The van der Waals surface area contributed by atoms with Crippen LogP contribution in [0.15, 0.2) is 36.4 Å². The fourth-order valence-corrected chi connectivity index (χ4v) is 2.53. The first-order valence-corrected chi connectivity index (χ1v) is 6.55. The highest BCUT2D eigenvalue weighted by Gasteiger charge is 2.30. The zero-order valence-corrected chi connectivity index (χ0v) is 11.2. The zero-order chi connectivity index (χ0) is 15.1. The van der Waals surface area contributed by atoms with Gasteiger partial charge in [0.15, 0.2) is 0 Å². The largest absolute Gasteiger partial charge is 0.384 e. The molecule has 1 amide bonds. The first-order valence-electron chi connectivity index (χ1n) is 6.55. The molecule has 1 heterocycles. The van der Waals surface area contributed by atoms with Crippen LogP contribution in [0.4, 0.5) is 14.5 Å². The van der Waals surface area contributed by atoms with E-state index in [1.54, 1.807) is 13.0 Å². The van der Waals surface area contributed by atoms with Gasteiger partial charge in [-0.05, 0) is 36.2 Å². The fourth-order valence-electron chi connectivity index (χ4n) is 2.53. The molecule has 2 unspecified atom stereocenters. The van der Waals surface area contributed by atoms with Crippen molar-refractivity contribution in [3.05, 3.63) is 64.7 Å². The van der Waals surface area contributed by atoms with Crippen LogP contribution in [0.1, 0.15) is 35.6 Å². The van der Waals surface area contributed by atoms with Crippen LogP contribution in [0.25, 0.3) is 0 Å². The Bertz CT molecular complexity index is 730. The van der Waals surface area contributed by atoms with Crippen molar-refractivity contribution >= 4 is 11.6 Å². The molecule has 0 spiro atoms. The Hall–Kier alpha value is -2.27. The zero-order valence-electron chi connectivity index (χ0n) is 11.2. The number of aliphatic hydroxyl groups excluding tert-OH is 1. The van der Waals surface area contributed by atoms with Gasteiger partial charge in [0.1, 0.15) is 17.7 Å². The minimum absolute atomic E-state index is 0.0711. The van der Waals surface area contributed by atoms with Gasteiger partial charge in [-0.2, -0.15) is 0 Å². The second kappa shape index (κ2) is 4.93. The summed E-state index contributed by atoms with van der Waals surface area (Å²) in [6.07, 6.45) is -1.28. The summed E-state index contributed by atoms with van der Waals surface area (Å²) in [6.45, 7) is 1.65. The minimum Gasteiger partial charge on any atom is -0.384 e. The summed E-state index contributed by atoms with van der Waals surface area (Å²) in [5.41, 5.74) is 0.906. The summed E-state index contributed by atoms with van der Waals surface area (Å²) in [5.74, 6) is -1.98. The van der Waals surface area contributed by atoms with Gasteiger partial charge in [0.25, 0.3) is 0 Å². The normalized spacial score (nSPS) is 18.3. The van der Waals surface area contributed by atoms with Gasteiger partial charge in [-0.25, -0.2) is 8.78 Å². The van der Waals surface area contributed by atoms with Crippen molar-refractivity contribution in [1.82, 2.24) is 0 Å². The maximum Gasteiger partial charge on any atom is 0.231 e. The third kappa shape index (κ3) is 2.19. The highest BCUT2D eigenvalue weighted by atomic mass is 19.1. The van der Waals surface area contributed by atoms with E-state index in [4.69, 9.17) is 0 Å². The number of amides is 1. The molecule has 0 aliphatic carbocycles. The van der Waals surface area contributed by atoms with Crippen LogP contribution in [0.2, 0.25) is 0 Å². The number of hydrogen-bond donors (Lipinski definition) is 2. The first-order chi connectivity index (χ1) is 9.99. The Balaban J connectivity index is 2.07. The van der Waals surface area contributed by atoms with Crippen LogP contribution in [-0.4, -0.2) is 11.0 Å². The maximum absolute atomic E-state index is 14.1. The first kappa shape index (κ1) is 13.7. The standard InChI is InChI=1S/C16H13F2NO2/c1-8-11-6-9(7-13(18)14(11)19-16(8)21)15(20)10-4-2-3-5-12(10)17/h2-8,15,20H,1H3,(H,19,21). The molecule has 0 aromatic heterocycles. The van der Waals surface area contributed by atoms with Crippen molar-refractivity contribution < 1.29 is 18.7 Å². The molecule has 2 aromatic rings. The number of halogens is 2. The highest BCUT2D eigenvalue weighted by molar-refractivity contribution is 6.02. The van der Waals surface area contributed by atoms with E-state index in [-0.39, 0.29) is 22.7 Å². The third-order valence-electron chi connectivity index (χ3n) is 3.77. The van der Waals surface area contributed by atoms with Crippen molar-refractivity contribution in [3.8, 4) is 0 Å². The average Bonchev–Trinajstić information content (AvgIpc) is 2.75. The number of anilines is 1. The average molecular weight is 289 g/mol. The number of hydrogen-bond acceptors (Lipinski definition) is 2. The molecule has 2 atom stereocenters. The lowest BCUT2D eigenvalue weighted by Gasteiger charge is -2.14. The molecule has 1 aliphatic heterocycles. The topological polar surface area (TPSA) is 49.3 Å². The van der Waals surface area contributed by atoms with E-state index in [0.29, 0.717) is 5.56 Å². The molecule has 0 saturated carbocycles. The van der Waals surface area contributed by atoms with Crippen LogP contribution in [0.5, 0.6) is 0 Å². The molecule has 3 rings (SSSR count). The Morgan fingerprint density at radius 1 is 1.19 bits per heavy atom.